The lowest BCUT2D eigenvalue weighted by Crippen LogP contribution is -2.40. The highest BCUT2D eigenvalue weighted by Gasteiger charge is 2.20. The van der Waals surface area contributed by atoms with Crippen LogP contribution in [0.3, 0.4) is 0 Å². The van der Waals surface area contributed by atoms with E-state index in [4.69, 9.17) is 13.9 Å². The zero-order valence-electron chi connectivity index (χ0n) is 14.3. The van der Waals surface area contributed by atoms with E-state index in [2.05, 4.69) is 5.32 Å². The summed E-state index contributed by atoms with van der Waals surface area (Å²) in [6.07, 6.45) is 0. The van der Waals surface area contributed by atoms with Crippen molar-refractivity contribution < 1.29 is 18.7 Å². The van der Waals surface area contributed by atoms with Crippen LogP contribution in [-0.2, 0) is 4.74 Å². The van der Waals surface area contributed by atoms with Crippen LogP contribution in [-0.4, -0.2) is 45.3 Å². The number of likely N-dealkylation sites (N-methyl/N-ethyl adjacent to an activating group) is 1. The first kappa shape index (κ1) is 17.1. The number of amides is 2. The van der Waals surface area contributed by atoms with Gasteiger partial charge in [0.25, 0.3) is 0 Å². The summed E-state index contributed by atoms with van der Waals surface area (Å²) in [6, 6.07) is 5.29. The van der Waals surface area contributed by atoms with Gasteiger partial charge in [-0.2, -0.15) is 0 Å². The van der Waals surface area contributed by atoms with Crippen LogP contribution >= 0.6 is 0 Å². The first-order chi connectivity index (χ1) is 11.0. The molecule has 0 bridgehead atoms. The molecule has 1 atom stereocenters. The minimum absolute atomic E-state index is 0.160. The maximum Gasteiger partial charge on any atom is 0.317 e. The maximum absolute atomic E-state index is 12.2. The molecule has 23 heavy (non-hydrogen) atoms. The number of benzene rings is 1. The van der Waals surface area contributed by atoms with Gasteiger partial charge in [0.15, 0.2) is 0 Å². The van der Waals surface area contributed by atoms with Crippen molar-refractivity contribution in [1.82, 2.24) is 10.2 Å². The topological polar surface area (TPSA) is 63.9 Å². The molecule has 6 heteroatoms. The quantitative estimate of drug-likeness (QED) is 0.888. The molecule has 0 saturated heterocycles. The number of urea groups is 1. The van der Waals surface area contributed by atoms with E-state index in [1.165, 1.54) is 0 Å². The summed E-state index contributed by atoms with van der Waals surface area (Å²) in [5.41, 5.74) is 1.79. The lowest BCUT2D eigenvalue weighted by molar-refractivity contribution is 0.158. The number of aryl methyl sites for hydroxylation is 1. The van der Waals surface area contributed by atoms with Crippen molar-refractivity contribution in [1.29, 1.82) is 0 Å². The van der Waals surface area contributed by atoms with Crippen molar-refractivity contribution in [2.24, 2.45) is 0 Å². The van der Waals surface area contributed by atoms with Crippen molar-refractivity contribution in [2.45, 2.75) is 19.9 Å². The molecule has 1 aromatic heterocycles. The standard InChI is InChI=1S/C17H24N2O4/c1-11-14-10-13(22-5)6-7-15(14)23-16(11)12(2)18-17(20)19(3)8-9-21-4/h6-7,10,12H,8-9H2,1-5H3,(H,18,20). The number of hydrogen-bond donors (Lipinski definition) is 1. The van der Waals surface area contributed by atoms with Gasteiger partial charge in [-0.25, -0.2) is 4.79 Å². The molecule has 2 amide bonds. The molecular weight excluding hydrogens is 296 g/mol. The molecule has 0 saturated carbocycles. The number of nitrogens with one attached hydrogen (secondary N) is 1. The fourth-order valence-electron chi connectivity index (χ4n) is 2.45. The van der Waals surface area contributed by atoms with Gasteiger partial charge in [-0.1, -0.05) is 0 Å². The zero-order valence-corrected chi connectivity index (χ0v) is 14.3. The summed E-state index contributed by atoms with van der Waals surface area (Å²) in [5.74, 6) is 1.53. The lowest BCUT2D eigenvalue weighted by Gasteiger charge is -2.20. The Hall–Kier alpha value is -2.21. The predicted octanol–water partition coefficient (Wildman–Crippen LogP) is 3.10. The fourth-order valence-corrected chi connectivity index (χ4v) is 2.45. The Bertz CT molecular complexity index is 681. The SMILES string of the molecule is COCCN(C)C(=O)NC(C)c1oc2ccc(OC)cc2c1C. The third-order valence-electron chi connectivity index (χ3n) is 3.89. The monoisotopic (exact) mass is 320 g/mol. The molecule has 0 radical (unpaired) electrons. The van der Waals surface area contributed by atoms with E-state index in [9.17, 15) is 4.79 Å². The van der Waals surface area contributed by atoms with E-state index in [1.807, 2.05) is 32.0 Å². The highest BCUT2D eigenvalue weighted by molar-refractivity contribution is 5.84. The third kappa shape index (κ3) is 3.76. The molecule has 0 aliphatic rings. The number of carbonyl (C=O) groups is 1. The second-order valence-electron chi connectivity index (χ2n) is 5.54. The summed E-state index contributed by atoms with van der Waals surface area (Å²) < 4.78 is 16.1. The summed E-state index contributed by atoms with van der Waals surface area (Å²) in [4.78, 5) is 13.7. The molecule has 1 aromatic carbocycles. The van der Waals surface area contributed by atoms with Gasteiger partial charge < -0.3 is 24.1 Å². The molecule has 0 fully saturated rings. The number of nitrogens with zero attached hydrogens (tertiary/aromatic N) is 1. The second-order valence-corrected chi connectivity index (χ2v) is 5.54. The van der Waals surface area contributed by atoms with Crippen LogP contribution in [0.15, 0.2) is 22.6 Å². The van der Waals surface area contributed by atoms with Gasteiger partial charge in [0.05, 0.1) is 19.8 Å². The molecular formula is C17H24N2O4. The summed E-state index contributed by atoms with van der Waals surface area (Å²) in [6.45, 7) is 4.93. The van der Waals surface area contributed by atoms with E-state index in [0.717, 1.165) is 28.0 Å². The minimum Gasteiger partial charge on any atom is -0.497 e. The fraction of sp³-hybridized carbons (Fsp3) is 0.471. The third-order valence-corrected chi connectivity index (χ3v) is 3.89. The molecule has 2 rings (SSSR count). The zero-order chi connectivity index (χ0) is 17.0. The van der Waals surface area contributed by atoms with Crippen LogP contribution in [0, 0.1) is 6.92 Å². The van der Waals surface area contributed by atoms with Gasteiger partial charge in [0.2, 0.25) is 0 Å². The second kappa shape index (κ2) is 7.37. The number of furan rings is 1. The number of ether oxygens (including phenoxy) is 2. The van der Waals surface area contributed by atoms with Gasteiger partial charge in [0.1, 0.15) is 17.1 Å². The van der Waals surface area contributed by atoms with E-state index >= 15 is 0 Å². The van der Waals surface area contributed by atoms with Crippen molar-refractivity contribution >= 4 is 17.0 Å². The molecule has 126 valence electrons. The van der Waals surface area contributed by atoms with Gasteiger partial charge in [-0.15, -0.1) is 0 Å². The van der Waals surface area contributed by atoms with Crippen molar-refractivity contribution in [2.75, 3.05) is 34.4 Å². The van der Waals surface area contributed by atoms with E-state index in [-0.39, 0.29) is 12.1 Å². The lowest BCUT2D eigenvalue weighted by atomic mass is 10.1. The van der Waals surface area contributed by atoms with E-state index in [0.29, 0.717) is 13.2 Å². The Labute approximate surface area is 136 Å². The molecule has 6 nitrogen and oxygen atoms in total. The first-order valence-corrected chi connectivity index (χ1v) is 7.55. The molecule has 2 aromatic rings. The normalized spacial score (nSPS) is 12.2. The van der Waals surface area contributed by atoms with Crippen LogP contribution < -0.4 is 10.1 Å². The summed E-state index contributed by atoms with van der Waals surface area (Å²) in [5, 5.41) is 3.94. The minimum atomic E-state index is -0.231. The Morgan fingerprint density at radius 1 is 1.39 bits per heavy atom. The Morgan fingerprint density at radius 2 is 2.13 bits per heavy atom. The Morgan fingerprint density at radius 3 is 2.78 bits per heavy atom. The molecule has 0 aliphatic carbocycles. The van der Waals surface area contributed by atoms with Crippen molar-refractivity contribution in [3.8, 4) is 5.75 Å². The number of carbonyl (C=O) groups excluding carboxylic acids is 1. The van der Waals surface area contributed by atoms with Gasteiger partial charge in [-0.05, 0) is 32.0 Å². The van der Waals surface area contributed by atoms with Crippen LogP contribution in [0.2, 0.25) is 0 Å². The number of methoxy groups -OCH3 is 2. The average Bonchev–Trinajstić information content (AvgIpc) is 2.88. The van der Waals surface area contributed by atoms with Crippen LogP contribution in [0.4, 0.5) is 4.79 Å². The van der Waals surface area contributed by atoms with Crippen molar-refractivity contribution in [3.63, 3.8) is 0 Å². The maximum atomic E-state index is 12.2. The Kier molecular flexibility index (Phi) is 5.50. The van der Waals surface area contributed by atoms with Crippen molar-refractivity contribution in [3.05, 3.63) is 29.5 Å². The highest BCUT2D eigenvalue weighted by atomic mass is 16.5. The Balaban J connectivity index is 2.16. The van der Waals surface area contributed by atoms with Gasteiger partial charge >= 0.3 is 6.03 Å². The smallest absolute Gasteiger partial charge is 0.317 e. The largest absolute Gasteiger partial charge is 0.497 e. The van der Waals surface area contributed by atoms with Crippen LogP contribution in [0.5, 0.6) is 5.75 Å². The number of rotatable bonds is 6. The molecule has 1 heterocycles. The molecule has 0 aliphatic heterocycles. The summed E-state index contributed by atoms with van der Waals surface area (Å²) in [7, 11) is 4.98. The van der Waals surface area contributed by atoms with Gasteiger partial charge in [-0.3, -0.25) is 0 Å². The predicted molar refractivity (Wildman–Crippen MR) is 89.0 cm³/mol. The van der Waals surface area contributed by atoms with Crippen LogP contribution in [0.25, 0.3) is 11.0 Å². The number of fused-ring (bicyclic) bond motifs is 1. The van der Waals surface area contributed by atoms with E-state index < -0.39 is 0 Å². The average molecular weight is 320 g/mol. The molecule has 1 unspecified atom stereocenters. The van der Waals surface area contributed by atoms with Crippen LogP contribution in [0.1, 0.15) is 24.3 Å². The van der Waals surface area contributed by atoms with Gasteiger partial charge in [0, 0.05) is 31.7 Å². The highest BCUT2D eigenvalue weighted by Crippen LogP contribution is 2.31. The molecule has 0 spiro atoms. The summed E-state index contributed by atoms with van der Waals surface area (Å²) >= 11 is 0. The molecule has 1 N–H and O–H groups in total. The van der Waals surface area contributed by atoms with E-state index in [1.54, 1.807) is 26.2 Å². The first-order valence-electron chi connectivity index (χ1n) is 7.55. The number of hydrogen-bond acceptors (Lipinski definition) is 4.